The van der Waals surface area contributed by atoms with Crippen molar-refractivity contribution in [1.82, 2.24) is 15.5 Å². The number of nitrogens with zero attached hydrogens (tertiary/aromatic N) is 2. The molecule has 3 nitrogen and oxygen atoms in total. The van der Waals surface area contributed by atoms with Crippen LogP contribution in [0, 0.1) is 5.41 Å². The van der Waals surface area contributed by atoms with Crippen LogP contribution in [-0.2, 0) is 0 Å². The molecule has 4 heteroatoms. The van der Waals surface area contributed by atoms with Crippen LogP contribution in [0.1, 0.15) is 68.4 Å². The first-order valence-corrected chi connectivity index (χ1v) is 7.37. The lowest BCUT2D eigenvalue weighted by Gasteiger charge is -2.37. The lowest BCUT2D eigenvalue weighted by atomic mass is 9.69. The molecule has 1 aromatic rings. The van der Waals surface area contributed by atoms with E-state index in [1.54, 1.807) is 11.3 Å². The van der Waals surface area contributed by atoms with Crippen LogP contribution in [0.5, 0.6) is 0 Å². The Morgan fingerprint density at radius 1 is 1.35 bits per heavy atom. The first kappa shape index (κ1) is 13.0. The number of rotatable bonds is 3. The first-order chi connectivity index (χ1) is 8.04. The fourth-order valence-corrected chi connectivity index (χ4v) is 3.89. The molecular formula is C13H23N3S. The van der Waals surface area contributed by atoms with Gasteiger partial charge in [0, 0.05) is 5.92 Å². The van der Waals surface area contributed by atoms with E-state index in [0.29, 0.717) is 17.4 Å². The zero-order valence-electron chi connectivity index (χ0n) is 11.3. The van der Waals surface area contributed by atoms with Gasteiger partial charge in [-0.3, -0.25) is 0 Å². The van der Waals surface area contributed by atoms with E-state index in [4.69, 9.17) is 0 Å². The molecule has 0 radical (unpaired) electrons. The summed E-state index contributed by atoms with van der Waals surface area (Å²) >= 11 is 1.79. The summed E-state index contributed by atoms with van der Waals surface area (Å²) in [5, 5.41) is 14.3. The largest absolute Gasteiger partial charge is 0.311 e. The van der Waals surface area contributed by atoms with E-state index in [1.807, 2.05) is 7.05 Å². The Labute approximate surface area is 108 Å². The van der Waals surface area contributed by atoms with E-state index >= 15 is 0 Å². The van der Waals surface area contributed by atoms with Gasteiger partial charge in [-0.25, -0.2) is 0 Å². The van der Waals surface area contributed by atoms with Crippen LogP contribution < -0.4 is 5.32 Å². The summed E-state index contributed by atoms with van der Waals surface area (Å²) in [6, 6.07) is 0.313. The molecule has 0 aliphatic heterocycles. The van der Waals surface area contributed by atoms with Crippen molar-refractivity contribution in [3.63, 3.8) is 0 Å². The topological polar surface area (TPSA) is 37.8 Å². The molecule has 0 aromatic carbocycles. The number of aromatic nitrogens is 2. The third kappa shape index (κ3) is 2.68. The minimum atomic E-state index is 0.313. The predicted molar refractivity (Wildman–Crippen MR) is 72.4 cm³/mol. The Morgan fingerprint density at radius 2 is 2.12 bits per heavy atom. The summed E-state index contributed by atoms with van der Waals surface area (Å²) in [4.78, 5) is 0. The highest BCUT2D eigenvalue weighted by atomic mass is 32.1. The van der Waals surface area contributed by atoms with E-state index < -0.39 is 0 Å². The van der Waals surface area contributed by atoms with Crippen molar-refractivity contribution in [2.45, 2.75) is 58.4 Å². The number of nitrogens with one attached hydrogen (secondary N) is 1. The van der Waals surface area contributed by atoms with Gasteiger partial charge in [0.25, 0.3) is 0 Å². The van der Waals surface area contributed by atoms with Crippen LogP contribution in [-0.4, -0.2) is 17.2 Å². The normalized spacial score (nSPS) is 25.8. The molecule has 17 heavy (non-hydrogen) atoms. The van der Waals surface area contributed by atoms with Crippen molar-refractivity contribution in [2.24, 2.45) is 5.41 Å². The molecule has 1 aromatic heterocycles. The lowest BCUT2D eigenvalue weighted by Crippen LogP contribution is -2.25. The molecule has 2 atom stereocenters. The molecule has 1 N–H and O–H groups in total. The summed E-state index contributed by atoms with van der Waals surface area (Å²) < 4.78 is 0. The quantitative estimate of drug-likeness (QED) is 0.896. The molecule has 1 aliphatic carbocycles. The van der Waals surface area contributed by atoms with Crippen LogP contribution >= 0.6 is 11.3 Å². The molecule has 0 amide bonds. The second-order valence-corrected chi connectivity index (χ2v) is 6.82. The van der Waals surface area contributed by atoms with Gasteiger partial charge in [0.05, 0.1) is 6.04 Å². The Kier molecular flexibility index (Phi) is 3.83. The lowest BCUT2D eigenvalue weighted by molar-refractivity contribution is 0.198. The van der Waals surface area contributed by atoms with Crippen molar-refractivity contribution in [3.8, 4) is 0 Å². The summed E-state index contributed by atoms with van der Waals surface area (Å²) in [7, 11) is 1.97. The van der Waals surface area contributed by atoms with Crippen LogP contribution in [0.4, 0.5) is 0 Å². The van der Waals surface area contributed by atoms with Gasteiger partial charge in [-0.2, -0.15) is 0 Å². The van der Waals surface area contributed by atoms with Gasteiger partial charge in [-0.1, -0.05) is 38.0 Å². The predicted octanol–water partition coefficient (Wildman–Crippen LogP) is 3.50. The minimum absolute atomic E-state index is 0.313. The van der Waals surface area contributed by atoms with E-state index in [9.17, 15) is 0 Å². The summed E-state index contributed by atoms with van der Waals surface area (Å²) in [5.74, 6) is 0.603. The van der Waals surface area contributed by atoms with Gasteiger partial charge >= 0.3 is 0 Å². The standard InChI is InChI=1S/C13H23N3S/c1-9(14-4)11-15-16-12(17-11)10-7-5-6-8-13(10,2)3/h9-10,14H,5-8H2,1-4H3. The molecule has 0 saturated heterocycles. The van der Waals surface area contributed by atoms with Crippen molar-refractivity contribution in [2.75, 3.05) is 7.05 Å². The van der Waals surface area contributed by atoms with E-state index in [2.05, 4.69) is 36.3 Å². The minimum Gasteiger partial charge on any atom is -0.311 e. The second kappa shape index (κ2) is 5.02. The van der Waals surface area contributed by atoms with Gasteiger partial charge in [0.2, 0.25) is 0 Å². The molecule has 0 spiro atoms. The molecule has 2 unspecified atom stereocenters. The second-order valence-electron chi connectivity index (χ2n) is 5.78. The average molecular weight is 253 g/mol. The highest BCUT2D eigenvalue weighted by molar-refractivity contribution is 7.11. The Morgan fingerprint density at radius 3 is 2.76 bits per heavy atom. The maximum Gasteiger partial charge on any atom is 0.134 e. The first-order valence-electron chi connectivity index (χ1n) is 6.55. The Balaban J connectivity index is 2.18. The molecule has 0 bridgehead atoms. The van der Waals surface area contributed by atoms with Gasteiger partial charge in [-0.05, 0) is 32.2 Å². The maximum atomic E-state index is 4.43. The van der Waals surface area contributed by atoms with Crippen molar-refractivity contribution < 1.29 is 0 Å². The van der Waals surface area contributed by atoms with Gasteiger partial charge < -0.3 is 5.32 Å². The average Bonchev–Trinajstić information content (AvgIpc) is 2.76. The Hall–Kier alpha value is -0.480. The monoisotopic (exact) mass is 253 g/mol. The maximum absolute atomic E-state index is 4.43. The van der Waals surface area contributed by atoms with Gasteiger partial charge in [0.1, 0.15) is 10.0 Å². The molecule has 1 saturated carbocycles. The molecule has 2 rings (SSSR count). The summed E-state index contributed by atoms with van der Waals surface area (Å²) in [5.41, 5.74) is 0.387. The van der Waals surface area contributed by atoms with E-state index in [-0.39, 0.29) is 0 Å². The molecule has 96 valence electrons. The zero-order valence-corrected chi connectivity index (χ0v) is 12.1. The van der Waals surface area contributed by atoms with Crippen molar-refractivity contribution in [3.05, 3.63) is 10.0 Å². The molecular weight excluding hydrogens is 230 g/mol. The third-order valence-electron chi connectivity index (χ3n) is 4.07. The summed E-state index contributed by atoms with van der Waals surface area (Å²) in [6.45, 7) is 6.88. The van der Waals surface area contributed by atoms with Gasteiger partial charge in [0.15, 0.2) is 0 Å². The number of hydrogen-bond acceptors (Lipinski definition) is 4. The Bertz CT molecular complexity index is 372. The summed E-state index contributed by atoms with van der Waals surface area (Å²) in [6.07, 6.45) is 5.29. The van der Waals surface area contributed by atoms with E-state index in [1.165, 1.54) is 30.7 Å². The third-order valence-corrected chi connectivity index (χ3v) is 5.28. The fraction of sp³-hybridized carbons (Fsp3) is 0.846. The van der Waals surface area contributed by atoms with Crippen LogP contribution in [0.15, 0.2) is 0 Å². The van der Waals surface area contributed by atoms with Crippen LogP contribution in [0.2, 0.25) is 0 Å². The molecule has 1 heterocycles. The molecule has 1 fully saturated rings. The fourth-order valence-electron chi connectivity index (χ4n) is 2.64. The number of hydrogen-bond donors (Lipinski definition) is 1. The highest BCUT2D eigenvalue weighted by Gasteiger charge is 2.35. The van der Waals surface area contributed by atoms with Crippen LogP contribution in [0.25, 0.3) is 0 Å². The highest BCUT2D eigenvalue weighted by Crippen LogP contribution is 2.47. The SMILES string of the molecule is CNC(C)c1nnc(C2CCCCC2(C)C)s1. The van der Waals surface area contributed by atoms with Crippen molar-refractivity contribution >= 4 is 11.3 Å². The molecule has 1 aliphatic rings. The zero-order chi connectivity index (χ0) is 12.5. The van der Waals surface area contributed by atoms with Crippen LogP contribution in [0.3, 0.4) is 0 Å². The van der Waals surface area contributed by atoms with Crippen molar-refractivity contribution in [1.29, 1.82) is 0 Å². The van der Waals surface area contributed by atoms with E-state index in [0.717, 1.165) is 5.01 Å². The smallest absolute Gasteiger partial charge is 0.134 e. The van der Waals surface area contributed by atoms with Gasteiger partial charge in [-0.15, -0.1) is 10.2 Å².